The summed E-state index contributed by atoms with van der Waals surface area (Å²) in [5, 5.41) is 2.67. The zero-order chi connectivity index (χ0) is 13.1. The van der Waals surface area contributed by atoms with Crippen LogP contribution in [0, 0.1) is 5.82 Å². The van der Waals surface area contributed by atoms with Crippen LogP contribution in [0.15, 0.2) is 46.9 Å². The minimum absolute atomic E-state index is 0.0856. The number of amides is 1. The van der Waals surface area contributed by atoms with Gasteiger partial charge in [-0.05, 0) is 30.3 Å². The summed E-state index contributed by atoms with van der Waals surface area (Å²) in [4.78, 5) is 11.9. The topological polar surface area (TPSA) is 29.1 Å². The Labute approximate surface area is 117 Å². The van der Waals surface area contributed by atoms with E-state index < -0.39 is 11.7 Å². The van der Waals surface area contributed by atoms with Crippen molar-refractivity contribution < 1.29 is 9.18 Å². The van der Waals surface area contributed by atoms with E-state index in [4.69, 9.17) is 11.6 Å². The molecule has 0 heterocycles. The molecule has 2 aromatic rings. The molecule has 0 fully saturated rings. The molecule has 18 heavy (non-hydrogen) atoms. The smallest absolute Gasteiger partial charge is 0.260 e. The summed E-state index contributed by atoms with van der Waals surface area (Å²) in [7, 11) is 0. The molecule has 0 unspecified atom stereocenters. The number of halogens is 3. The Bertz CT molecular complexity index is 583. The molecule has 2 aromatic carbocycles. The zero-order valence-corrected chi connectivity index (χ0v) is 11.4. The van der Waals surface area contributed by atoms with Gasteiger partial charge in [-0.25, -0.2) is 4.39 Å². The van der Waals surface area contributed by atoms with Crippen molar-refractivity contribution in [1.82, 2.24) is 0 Å². The maximum Gasteiger partial charge on any atom is 0.260 e. The van der Waals surface area contributed by atoms with Gasteiger partial charge in [0.15, 0.2) is 0 Å². The number of hydrogen-bond donors (Lipinski definition) is 1. The van der Waals surface area contributed by atoms with E-state index in [9.17, 15) is 9.18 Å². The normalized spacial score (nSPS) is 10.2. The van der Waals surface area contributed by atoms with Crippen molar-refractivity contribution in [2.75, 3.05) is 5.32 Å². The molecular formula is C13H8BrClFNO. The van der Waals surface area contributed by atoms with Crippen LogP contribution in [0.3, 0.4) is 0 Å². The minimum atomic E-state index is -0.644. The van der Waals surface area contributed by atoms with E-state index in [1.165, 1.54) is 18.2 Å². The molecule has 0 bridgehead atoms. The van der Waals surface area contributed by atoms with Gasteiger partial charge in [-0.1, -0.05) is 39.7 Å². The standard InChI is InChI=1S/C13H8BrClFNO/c14-8-3-1-4-9(7-8)17-13(18)12-10(15)5-2-6-11(12)16/h1-7H,(H,17,18). The first-order valence-electron chi connectivity index (χ1n) is 5.09. The van der Waals surface area contributed by atoms with Crippen LogP contribution < -0.4 is 5.32 Å². The lowest BCUT2D eigenvalue weighted by Gasteiger charge is -2.07. The summed E-state index contributed by atoms with van der Waals surface area (Å²) in [6, 6.07) is 11.1. The molecule has 5 heteroatoms. The van der Waals surface area contributed by atoms with Crippen molar-refractivity contribution in [2.45, 2.75) is 0 Å². The predicted molar refractivity (Wildman–Crippen MR) is 73.5 cm³/mol. The lowest BCUT2D eigenvalue weighted by atomic mass is 10.2. The number of anilines is 1. The third-order valence-electron chi connectivity index (χ3n) is 2.27. The SMILES string of the molecule is O=C(Nc1cccc(Br)c1)c1c(F)cccc1Cl. The van der Waals surface area contributed by atoms with Crippen molar-refractivity contribution >= 4 is 39.1 Å². The number of benzene rings is 2. The van der Waals surface area contributed by atoms with Gasteiger partial charge in [-0.3, -0.25) is 4.79 Å². The second kappa shape index (κ2) is 5.50. The monoisotopic (exact) mass is 327 g/mol. The molecule has 1 amide bonds. The minimum Gasteiger partial charge on any atom is -0.322 e. The lowest BCUT2D eigenvalue weighted by molar-refractivity contribution is 0.102. The van der Waals surface area contributed by atoms with E-state index in [1.54, 1.807) is 18.2 Å². The molecule has 1 N–H and O–H groups in total. The highest BCUT2D eigenvalue weighted by Crippen LogP contribution is 2.21. The Balaban J connectivity index is 2.28. The average Bonchev–Trinajstić information content (AvgIpc) is 2.28. The maximum absolute atomic E-state index is 13.5. The Morgan fingerprint density at radius 1 is 1.22 bits per heavy atom. The molecule has 0 atom stereocenters. The van der Waals surface area contributed by atoms with E-state index in [2.05, 4.69) is 21.2 Å². The highest BCUT2D eigenvalue weighted by molar-refractivity contribution is 9.10. The predicted octanol–water partition coefficient (Wildman–Crippen LogP) is 4.49. The van der Waals surface area contributed by atoms with Gasteiger partial charge < -0.3 is 5.32 Å². The number of carbonyl (C=O) groups excluding carboxylic acids is 1. The van der Waals surface area contributed by atoms with Gasteiger partial charge in [-0.15, -0.1) is 0 Å². The molecule has 0 saturated carbocycles. The number of carbonyl (C=O) groups is 1. The lowest BCUT2D eigenvalue weighted by Crippen LogP contribution is -2.14. The Kier molecular flexibility index (Phi) is 3.99. The van der Waals surface area contributed by atoms with Crippen molar-refractivity contribution in [3.63, 3.8) is 0 Å². The molecule has 0 aliphatic heterocycles. The third kappa shape index (κ3) is 2.89. The molecule has 0 aliphatic rings. The Morgan fingerprint density at radius 3 is 2.61 bits per heavy atom. The molecule has 0 spiro atoms. The third-order valence-corrected chi connectivity index (χ3v) is 3.08. The first-order chi connectivity index (χ1) is 8.58. The molecule has 0 saturated heterocycles. The van der Waals surface area contributed by atoms with Crippen molar-refractivity contribution in [3.05, 3.63) is 63.3 Å². The Morgan fingerprint density at radius 2 is 1.94 bits per heavy atom. The van der Waals surface area contributed by atoms with Crippen LogP contribution in [0.5, 0.6) is 0 Å². The summed E-state index contributed by atoms with van der Waals surface area (Å²) in [5.41, 5.74) is 0.410. The molecule has 0 aliphatic carbocycles. The van der Waals surface area contributed by atoms with Crippen molar-refractivity contribution in [1.29, 1.82) is 0 Å². The fourth-order valence-corrected chi connectivity index (χ4v) is 2.12. The van der Waals surface area contributed by atoms with Gasteiger partial charge >= 0.3 is 0 Å². The second-order valence-electron chi connectivity index (χ2n) is 3.56. The van der Waals surface area contributed by atoms with E-state index in [0.717, 1.165) is 4.47 Å². The Hall–Kier alpha value is -1.39. The van der Waals surface area contributed by atoms with Crippen LogP contribution in [-0.4, -0.2) is 5.91 Å². The van der Waals surface area contributed by atoms with Gasteiger partial charge in [-0.2, -0.15) is 0 Å². The highest BCUT2D eigenvalue weighted by atomic mass is 79.9. The van der Waals surface area contributed by atoms with Gasteiger partial charge in [0.25, 0.3) is 5.91 Å². The number of hydrogen-bond acceptors (Lipinski definition) is 1. The second-order valence-corrected chi connectivity index (χ2v) is 4.88. The quantitative estimate of drug-likeness (QED) is 0.864. The molecular weight excluding hydrogens is 321 g/mol. The summed E-state index contributed by atoms with van der Waals surface area (Å²) in [6.07, 6.45) is 0. The zero-order valence-electron chi connectivity index (χ0n) is 9.08. The van der Waals surface area contributed by atoms with Gasteiger partial charge in [0.05, 0.1) is 10.6 Å². The van der Waals surface area contributed by atoms with Crippen LogP contribution in [0.2, 0.25) is 5.02 Å². The van der Waals surface area contributed by atoms with Crippen LogP contribution in [-0.2, 0) is 0 Å². The van der Waals surface area contributed by atoms with Crippen LogP contribution in [0.25, 0.3) is 0 Å². The fourth-order valence-electron chi connectivity index (χ4n) is 1.47. The summed E-state index contributed by atoms with van der Waals surface area (Å²) in [6.45, 7) is 0. The van der Waals surface area contributed by atoms with Crippen molar-refractivity contribution in [2.24, 2.45) is 0 Å². The van der Waals surface area contributed by atoms with E-state index >= 15 is 0 Å². The van der Waals surface area contributed by atoms with E-state index in [-0.39, 0.29) is 10.6 Å². The van der Waals surface area contributed by atoms with Crippen LogP contribution >= 0.6 is 27.5 Å². The van der Waals surface area contributed by atoms with Gasteiger partial charge in [0.1, 0.15) is 5.82 Å². The van der Waals surface area contributed by atoms with Crippen LogP contribution in [0.1, 0.15) is 10.4 Å². The van der Waals surface area contributed by atoms with E-state index in [1.807, 2.05) is 6.07 Å². The van der Waals surface area contributed by atoms with E-state index in [0.29, 0.717) is 5.69 Å². The highest BCUT2D eigenvalue weighted by Gasteiger charge is 2.15. The van der Waals surface area contributed by atoms with Crippen molar-refractivity contribution in [3.8, 4) is 0 Å². The molecule has 0 aromatic heterocycles. The fraction of sp³-hybridized carbons (Fsp3) is 0. The number of rotatable bonds is 2. The largest absolute Gasteiger partial charge is 0.322 e. The van der Waals surface area contributed by atoms with Gasteiger partial charge in [0, 0.05) is 10.2 Å². The summed E-state index contributed by atoms with van der Waals surface area (Å²) in [5.74, 6) is -1.22. The maximum atomic E-state index is 13.5. The molecule has 2 nitrogen and oxygen atoms in total. The average molecular weight is 329 g/mol. The van der Waals surface area contributed by atoms with Gasteiger partial charge in [0.2, 0.25) is 0 Å². The summed E-state index contributed by atoms with van der Waals surface area (Å²) >= 11 is 9.10. The first kappa shape index (κ1) is 13.1. The number of nitrogens with one attached hydrogen (secondary N) is 1. The summed E-state index contributed by atoms with van der Waals surface area (Å²) < 4.78 is 14.3. The first-order valence-corrected chi connectivity index (χ1v) is 6.26. The molecule has 0 radical (unpaired) electrons. The molecule has 2 rings (SSSR count). The van der Waals surface area contributed by atoms with Crippen LogP contribution in [0.4, 0.5) is 10.1 Å². The molecule has 92 valence electrons.